The SMILES string of the molecule is COc1ccc(CNC(=O)c2nn(-c3ccccc3)c(C)cc2=O)cc1. The van der Waals surface area contributed by atoms with Crippen LogP contribution in [0.3, 0.4) is 0 Å². The summed E-state index contributed by atoms with van der Waals surface area (Å²) < 4.78 is 6.69. The summed E-state index contributed by atoms with van der Waals surface area (Å²) in [6, 6.07) is 18.1. The van der Waals surface area contributed by atoms with Crippen molar-refractivity contribution in [2.24, 2.45) is 0 Å². The van der Waals surface area contributed by atoms with E-state index >= 15 is 0 Å². The van der Waals surface area contributed by atoms with Crippen LogP contribution in [0.15, 0.2) is 65.5 Å². The lowest BCUT2D eigenvalue weighted by molar-refractivity contribution is 0.0943. The van der Waals surface area contributed by atoms with E-state index in [-0.39, 0.29) is 5.69 Å². The summed E-state index contributed by atoms with van der Waals surface area (Å²) in [5.74, 6) is 0.238. The molecule has 0 radical (unpaired) electrons. The van der Waals surface area contributed by atoms with Gasteiger partial charge in [0.25, 0.3) is 5.91 Å². The monoisotopic (exact) mass is 349 g/mol. The van der Waals surface area contributed by atoms with Gasteiger partial charge in [-0.15, -0.1) is 0 Å². The minimum atomic E-state index is -0.504. The summed E-state index contributed by atoms with van der Waals surface area (Å²) >= 11 is 0. The molecule has 0 unspecified atom stereocenters. The van der Waals surface area contributed by atoms with Crippen LogP contribution in [0.1, 0.15) is 21.7 Å². The molecule has 2 aromatic carbocycles. The molecular weight excluding hydrogens is 330 g/mol. The molecule has 26 heavy (non-hydrogen) atoms. The number of methoxy groups -OCH3 is 1. The van der Waals surface area contributed by atoms with Crippen LogP contribution in [-0.4, -0.2) is 22.8 Å². The van der Waals surface area contributed by atoms with E-state index in [1.54, 1.807) is 18.7 Å². The number of para-hydroxylation sites is 1. The molecule has 1 amide bonds. The number of nitrogens with one attached hydrogen (secondary N) is 1. The van der Waals surface area contributed by atoms with Gasteiger partial charge in [0, 0.05) is 18.3 Å². The fraction of sp³-hybridized carbons (Fsp3) is 0.150. The minimum absolute atomic E-state index is 0.132. The molecule has 0 aliphatic heterocycles. The number of hydrogen-bond acceptors (Lipinski definition) is 4. The van der Waals surface area contributed by atoms with Gasteiger partial charge in [0.15, 0.2) is 5.69 Å². The Kier molecular flexibility index (Phi) is 5.12. The lowest BCUT2D eigenvalue weighted by atomic mass is 10.2. The number of carbonyl (C=O) groups excluding carboxylic acids is 1. The molecule has 6 heteroatoms. The molecule has 3 rings (SSSR count). The number of rotatable bonds is 5. The van der Waals surface area contributed by atoms with E-state index in [1.807, 2.05) is 54.6 Å². The molecule has 0 aliphatic carbocycles. The third kappa shape index (κ3) is 3.80. The van der Waals surface area contributed by atoms with Gasteiger partial charge >= 0.3 is 0 Å². The van der Waals surface area contributed by atoms with Crippen molar-refractivity contribution in [3.05, 3.63) is 87.8 Å². The first-order valence-electron chi connectivity index (χ1n) is 8.16. The van der Waals surface area contributed by atoms with Gasteiger partial charge in [-0.25, -0.2) is 4.68 Å². The Morgan fingerprint density at radius 2 is 1.81 bits per heavy atom. The molecule has 1 heterocycles. The number of hydrogen-bond donors (Lipinski definition) is 1. The number of ether oxygens (including phenoxy) is 1. The zero-order chi connectivity index (χ0) is 18.5. The van der Waals surface area contributed by atoms with Gasteiger partial charge in [0.2, 0.25) is 5.43 Å². The van der Waals surface area contributed by atoms with Crippen LogP contribution in [0, 0.1) is 6.92 Å². The quantitative estimate of drug-likeness (QED) is 0.768. The molecular formula is C20H19N3O3. The van der Waals surface area contributed by atoms with E-state index in [2.05, 4.69) is 10.4 Å². The minimum Gasteiger partial charge on any atom is -0.497 e. The summed E-state index contributed by atoms with van der Waals surface area (Å²) in [7, 11) is 1.59. The fourth-order valence-electron chi connectivity index (χ4n) is 2.54. The van der Waals surface area contributed by atoms with Gasteiger partial charge in [-0.2, -0.15) is 5.10 Å². The second-order valence-corrected chi connectivity index (χ2v) is 5.78. The first-order valence-corrected chi connectivity index (χ1v) is 8.16. The van der Waals surface area contributed by atoms with Crippen molar-refractivity contribution in [1.29, 1.82) is 0 Å². The van der Waals surface area contributed by atoms with E-state index < -0.39 is 11.3 Å². The van der Waals surface area contributed by atoms with Crippen LogP contribution >= 0.6 is 0 Å². The fourth-order valence-corrected chi connectivity index (χ4v) is 2.54. The van der Waals surface area contributed by atoms with Crippen molar-refractivity contribution in [3.8, 4) is 11.4 Å². The van der Waals surface area contributed by atoms with Crippen LogP contribution in [0.4, 0.5) is 0 Å². The van der Waals surface area contributed by atoms with Crippen LogP contribution in [0.5, 0.6) is 5.75 Å². The molecule has 0 saturated carbocycles. The van der Waals surface area contributed by atoms with Gasteiger partial charge in [-0.3, -0.25) is 9.59 Å². The molecule has 1 aromatic heterocycles. The topological polar surface area (TPSA) is 73.2 Å². The van der Waals surface area contributed by atoms with Crippen molar-refractivity contribution in [1.82, 2.24) is 15.1 Å². The molecule has 6 nitrogen and oxygen atoms in total. The molecule has 1 N–H and O–H groups in total. The summed E-state index contributed by atoms with van der Waals surface area (Å²) in [4.78, 5) is 24.7. The Labute approximate surface area is 151 Å². The van der Waals surface area contributed by atoms with Crippen molar-refractivity contribution >= 4 is 5.91 Å². The maximum absolute atomic E-state index is 12.4. The molecule has 0 fully saturated rings. The number of aryl methyl sites for hydroxylation is 1. The smallest absolute Gasteiger partial charge is 0.276 e. The molecule has 0 saturated heterocycles. The van der Waals surface area contributed by atoms with E-state index in [0.29, 0.717) is 12.2 Å². The van der Waals surface area contributed by atoms with Gasteiger partial charge < -0.3 is 10.1 Å². The average Bonchev–Trinajstić information content (AvgIpc) is 2.67. The summed E-state index contributed by atoms with van der Waals surface area (Å²) in [6.07, 6.45) is 0. The van der Waals surface area contributed by atoms with Gasteiger partial charge in [0.05, 0.1) is 12.8 Å². The number of aromatic nitrogens is 2. The maximum Gasteiger partial charge on any atom is 0.276 e. The van der Waals surface area contributed by atoms with Gasteiger partial charge in [0.1, 0.15) is 5.75 Å². The highest BCUT2D eigenvalue weighted by Gasteiger charge is 2.15. The third-order valence-corrected chi connectivity index (χ3v) is 3.94. The zero-order valence-electron chi connectivity index (χ0n) is 14.6. The molecule has 0 aliphatic rings. The highest BCUT2D eigenvalue weighted by Crippen LogP contribution is 2.11. The molecule has 132 valence electrons. The number of benzene rings is 2. The predicted molar refractivity (Wildman–Crippen MR) is 98.7 cm³/mol. The van der Waals surface area contributed by atoms with Crippen molar-refractivity contribution in [2.45, 2.75) is 13.5 Å². The van der Waals surface area contributed by atoms with E-state index in [9.17, 15) is 9.59 Å². The van der Waals surface area contributed by atoms with Gasteiger partial charge in [-0.05, 0) is 36.8 Å². The summed E-state index contributed by atoms with van der Waals surface area (Å²) in [5.41, 5.74) is 1.81. The average molecular weight is 349 g/mol. The van der Waals surface area contributed by atoms with E-state index in [4.69, 9.17) is 4.74 Å². The predicted octanol–water partition coefficient (Wildman–Crippen LogP) is 2.48. The second-order valence-electron chi connectivity index (χ2n) is 5.78. The molecule has 0 spiro atoms. The number of amides is 1. The van der Waals surface area contributed by atoms with Crippen molar-refractivity contribution < 1.29 is 9.53 Å². The largest absolute Gasteiger partial charge is 0.497 e. The van der Waals surface area contributed by atoms with Crippen LogP contribution in [0.2, 0.25) is 0 Å². The summed E-state index contributed by atoms with van der Waals surface area (Å²) in [5, 5.41) is 6.99. The molecule has 0 atom stereocenters. The van der Waals surface area contributed by atoms with Crippen LogP contribution in [-0.2, 0) is 6.54 Å². The Hall–Kier alpha value is -3.41. The van der Waals surface area contributed by atoms with E-state index in [0.717, 1.165) is 17.0 Å². The first kappa shape index (κ1) is 17.4. The first-order chi connectivity index (χ1) is 12.6. The van der Waals surface area contributed by atoms with Crippen molar-refractivity contribution in [2.75, 3.05) is 7.11 Å². The highest BCUT2D eigenvalue weighted by atomic mass is 16.5. The Morgan fingerprint density at radius 1 is 1.12 bits per heavy atom. The van der Waals surface area contributed by atoms with Gasteiger partial charge in [-0.1, -0.05) is 30.3 Å². The van der Waals surface area contributed by atoms with Crippen LogP contribution < -0.4 is 15.5 Å². The standard InChI is InChI=1S/C20H19N3O3/c1-14-12-18(24)19(22-23(14)16-6-4-3-5-7-16)20(25)21-13-15-8-10-17(26-2)11-9-15/h3-12H,13H2,1-2H3,(H,21,25). The summed E-state index contributed by atoms with van der Waals surface area (Å²) in [6.45, 7) is 2.07. The molecule has 3 aromatic rings. The van der Waals surface area contributed by atoms with E-state index in [1.165, 1.54) is 6.07 Å². The lowest BCUT2D eigenvalue weighted by Gasteiger charge is -2.11. The Morgan fingerprint density at radius 3 is 2.46 bits per heavy atom. The zero-order valence-corrected chi connectivity index (χ0v) is 14.6. The highest BCUT2D eigenvalue weighted by molar-refractivity contribution is 5.92. The number of nitrogens with zero attached hydrogens (tertiary/aromatic N) is 2. The normalized spacial score (nSPS) is 10.4. The maximum atomic E-state index is 12.4. The van der Waals surface area contributed by atoms with Crippen LogP contribution in [0.25, 0.3) is 5.69 Å². The Bertz CT molecular complexity index is 964. The van der Waals surface area contributed by atoms with Crippen molar-refractivity contribution in [3.63, 3.8) is 0 Å². The molecule has 0 bridgehead atoms. The third-order valence-electron chi connectivity index (χ3n) is 3.94. The second kappa shape index (κ2) is 7.65. The lowest BCUT2D eigenvalue weighted by Crippen LogP contribution is -2.31. The number of carbonyl (C=O) groups is 1. The Balaban J connectivity index is 1.81.